The lowest BCUT2D eigenvalue weighted by molar-refractivity contribution is -0.139. The van der Waals surface area contributed by atoms with Gasteiger partial charge in [-0.2, -0.15) is 0 Å². The summed E-state index contributed by atoms with van der Waals surface area (Å²) in [6, 6.07) is -1.06. The number of rotatable bonds is 5. The van der Waals surface area contributed by atoms with Gasteiger partial charge in [0.25, 0.3) is 0 Å². The average molecular weight is 271 g/mol. The smallest absolute Gasteiger partial charge is 0.326 e. The summed E-state index contributed by atoms with van der Waals surface area (Å²) in [7, 11) is 0. The highest BCUT2D eigenvalue weighted by molar-refractivity contribution is 5.82. The second kappa shape index (κ2) is 7.33. The molecule has 0 unspecified atom stereocenters. The molecule has 0 saturated carbocycles. The van der Waals surface area contributed by atoms with Gasteiger partial charge in [0.05, 0.1) is 0 Å². The van der Waals surface area contributed by atoms with Crippen LogP contribution in [0.4, 0.5) is 4.79 Å². The van der Waals surface area contributed by atoms with Gasteiger partial charge in [0.2, 0.25) is 0 Å². The highest BCUT2D eigenvalue weighted by Gasteiger charge is 2.25. The van der Waals surface area contributed by atoms with Crippen molar-refractivity contribution >= 4 is 12.0 Å². The third-order valence-electron chi connectivity index (χ3n) is 3.41. The molecule has 0 aromatic rings. The maximum absolute atomic E-state index is 12.0. The van der Waals surface area contributed by atoms with E-state index < -0.39 is 12.0 Å². The molecule has 0 aliphatic carbocycles. The number of carbonyl (C=O) groups is 2. The number of carboxylic acid groups (broad SMARTS) is 1. The Kier molecular flexibility index (Phi) is 6.08. The quantitative estimate of drug-likeness (QED) is 0.777. The summed E-state index contributed by atoms with van der Waals surface area (Å²) >= 11 is 0. The molecule has 1 aliphatic heterocycles. The Morgan fingerprint density at radius 2 is 1.79 bits per heavy atom. The Bertz CT molecular complexity index is 312. The fraction of sp³-hybridized carbons (Fsp3) is 0.846. The number of nitrogens with zero attached hydrogens (tertiary/aromatic N) is 2. The van der Waals surface area contributed by atoms with Crippen molar-refractivity contribution in [1.82, 2.24) is 15.1 Å². The number of urea groups is 1. The molecule has 1 atom stereocenters. The Morgan fingerprint density at radius 3 is 2.21 bits per heavy atom. The molecule has 2 N–H and O–H groups in total. The summed E-state index contributed by atoms with van der Waals surface area (Å²) in [6.07, 6.45) is 0.454. The van der Waals surface area contributed by atoms with Gasteiger partial charge in [-0.25, -0.2) is 9.59 Å². The molecule has 110 valence electrons. The maximum atomic E-state index is 12.0. The predicted octanol–water partition coefficient (Wildman–Crippen LogP) is 0.833. The lowest BCUT2D eigenvalue weighted by Gasteiger charge is -2.34. The van der Waals surface area contributed by atoms with Crippen LogP contribution >= 0.6 is 0 Å². The van der Waals surface area contributed by atoms with Crippen LogP contribution in [0.25, 0.3) is 0 Å². The lowest BCUT2D eigenvalue weighted by atomic mass is 10.0. The molecular weight excluding hydrogens is 246 g/mol. The molecule has 0 aromatic carbocycles. The fourth-order valence-electron chi connectivity index (χ4n) is 2.20. The van der Waals surface area contributed by atoms with E-state index in [1.165, 1.54) is 0 Å². The van der Waals surface area contributed by atoms with Crippen molar-refractivity contribution in [2.75, 3.05) is 32.7 Å². The van der Waals surface area contributed by atoms with Crippen LogP contribution < -0.4 is 5.32 Å². The molecular formula is C13H25N3O3. The van der Waals surface area contributed by atoms with E-state index in [1.807, 2.05) is 13.8 Å². The molecule has 1 saturated heterocycles. The molecule has 0 aromatic heterocycles. The van der Waals surface area contributed by atoms with Crippen LogP contribution in [0.2, 0.25) is 0 Å². The van der Waals surface area contributed by atoms with Gasteiger partial charge in [-0.1, -0.05) is 20.8 Å². The second-order valence-electron chi connectivity index (χ2n) is 5.39. The molecule has 1 heterocycles. The van der Waals surface area contributed by atoms with Crippen LogP contribution in [-0.2, 0) is 4.79 Å². The second-order valence-corrected chi connectivity index (χ2v) is 5.39. The van der Waals surface area contributed by atoms with E-state index in [-0.39, 0.29) is 11.9 Å². The largest absolute Gasteiger partial charge is 0.480 e. The molecule has 19 heavy (non-hydrogen) atoms. The number of amides is 2. The van der Waals surface area contributed by atoms with Gasteiger partial charge >= 0.3 is 12.0 Å². The minimum Gasteiger partial charge on any atom is -0.480 e. The molecule has 2 amide bonds. The van der Waals surface area contributed by atoms with E-state index >= 15 is 0 Å². The van der Waals surface area contributed by atoms with Gasteiger partial charge in [-0.05, 0) is 18.9 Å². The molecule has 1 aliphatic rings. The Labute approximate surface area is 114 Å². The topological polar surface area (TPSA) is 72.9 Å². The highest BCUT2D eigenvalue weighted by Crippen LogP contribution is 2.07. The number of piperazine rings is 1. The molecule has 0 spiro atoms. The van der Waals surface area contributed by atoms with Gasteiger partial charge in [0, 0.05) is 26.2 Å². The standard InChI is InChI=1S/C13H25N3O3/c1-4-15-5-7-16(8-6-15)13(19)14-11(12(17)18)9-10(2)3/h10-11H,4-9H2,1-3H3,(H,14,19)(H,17,18)/t11-/m0/s1. The number of hydrogen-bond acceptors (Lipinski definition) is 3. The van der Waals surface area contributed by atoms with Crippen molar-refractivity contribution in [3.8, 4) is 0 Å². The average Bonchev–Trinajstić information content (AvgIpc) is 2.37. The molecule has 1 rings (SSSR count). The zero-order valence-corrected chi connectivity index (χ0v) is 12.1. The molecule has 0 radical (unpaired) electrons. The summed E-state index contributed by atoms with van der Waals surface area (Å²) in [5.41, 5.74) is 0. The van der Waals surface area contributed by atoms with Gasteiger partial charge < -0.3 is 20.2 Å². The summed E-state index contributed by atoms with van der Waals surface area (Å²) in [5.74, 6) is -0.729. The molecule has 6 nitrogen and oxygen atoms in total. The van der Waals surface area contributed by atoms with Crippen molar-refractivity contribution in [1.29, 1.82) is 0 Å². The summed E-state index contributed by atoms with van der Waals surface area (Å²) in [6.45, 7) is 10.0. The van der Waals surface area contributed by atoms with Crippen LogP contribution in [0.5, 0.6) is 0 Å². The van der Waals surface area contributed by atoms with E-state index in [9.17, 15) is 9.59 Å². The van der Waals surface area contributed by atoms with E-state index in [0.717, 1.165) is 19.6 Å². The summed E-state index contributed by atoms with van der Waals surface area (Å²) in [5, 5.41) is 11.7. The SMILES string of the molecule is CCN1CCN(C(=O)N[C@@H](CC(C)C)C(=O)O)CC1. The van der Waals surface area contributed by atoms with E-state index in [2.05, 4.69) is 17.1 Å². The number of aliphatic carboxylic acids is 1. The first kappa shape index (κ1) is 15.8. The zero-order valence-electron chi connectivity index (χ0n) is 12.1. The van der Waals surface area contributed by atoms with Crippen LogP contribution in [0.1, 0.15) is 27.2 Å². The minimum absolute atomic E-state index is 0.235. The zero-order chi connectivity index (χ0) is 14.4. The number of likely N-dealkylation sites (N-methyl/N-ethyl adjacent to an activating group) is 1. The third-order valence-corrected chi connectivity index (χ3v) is 3.41. The molecule has 0 bridgehead atoms. The van der Waals surface area contributed by atoms with Crippen molar-refractivity contribution in [3.05, 3.63) is 0 Å². The first-order valence-electron chi connectivity index (χ1n) is 6.94. The number of carboxylic acids is 1. The minimum atomic E-state index is -0.964. The Balaban J connectivity index is 2.46. The Morgan fingerprint density at radius 1 is 1.21 bits per heavy atom. The van der Waals surface area contributed by atoms with E-state index in [1.54, 1.807) is 4.90 Å². The third kappa shape index (κ3) is 5.06. The summed E-state index contributed by atoms with van der Waals surface area (Å²) < 4.78 is 0. The van der Waals surface area contributed by atoms with E-state index in [4.69, 9.17) is 5.11 Å². The monoisotopic (exact) mass is 271 g/mol. The van der Waals surface area contributed by atoms with E-state index in [0.29, 0.717) is 19.5 Å². The van der Waals surface area contributed by atoms with Gasteiger partial charge in [0.15, 0.2) is 0 Å². The van der Waals surface area contributed by atoms with Crippen molar-refractivity contribution in [3.63, 3.8) is 0 Å². The van der Waals surface area contributed by atoms with Crippen LogP contribution in [0.3, 0.4) is 0 Å². The normalized spacial score (nSPS) is 18.4. The Hall–Kier alpha value is -1.30. The van der Waals surface area contributed by atoms with Gasteiger partial charge in [-0.3, -0.25) is 0 Å². The first-order valence-corrected chi connectivity index (χ1v) is 6.94. The molecule has 6 heteroatoms. The van der Waals surface area contributed by atoms with Crippen molar-refractivity contribution in [2.24, 2.45) is 5.92 Å². The van der Waals surface area contributed by atoms with Crippen molar-refractivity contribution < 1.29 is 14.7 Å². The van der Waals surface area contributed by atoms with Crippen LogP contribution in [-0.4, -0.2) is 65.7 Å². The lowest BCUT2D eigenvalue weighted by Crippen LogP contribution is -2.54. The molecule has 1 fully saturated rings. The van der Waals surface area contributed by atoms with Crippen molar-refractivity contribution in [2.45, 2.75) is 33.2 Å². The maximum Gasteiger partial charge on any atom is 0.326 e. The van der Waals surface area contributed by atoms with Crippen LogP contribution in [0.15, 0.2) is 0 Å². The van der Waals surface area contributed by atoms with Crippen LogP contribution in [0, 0.1) is 5.92 Å². The summed E-state index contributed by atoms with van der Waals surface area (Å²) in [4.78, 5) is 27.1. The number of hydrogen-bond donors (Lipinski definition) is 2. The highest BCUT2D eigenvalue weighted by atomic mass is 16.4. The first-order chi connectivity index (χ1) is 8.93. The number of nitrogens with one attached hydrogen (secondary N) is 1. The number of carbonyl (C=O) groups excluding carboxylic acids is 1. The predicted molar refractivity (Wildman–Crippen MR) is 73.1 cm³/mol. The fourth-order valence-corrected chi connectivity index (χ4v) is 2.20. The van der Waals surface area contributed by atoms with Gasteiger partial charge in [-0.15, -0.1) is 0 Å². The van der Waals surface area contributed by atoms with Gasteiger partial charge in [0.1, 0.15) is 6.04 Å².